The van der Waals surface area contributed by atoms with E-state index in [4.69, 9.17) is 28.3 Å². The summed E-state index contributed by atoms with van der Waals surface area (Å²) in [7, 11) is 0. The summed E-state index contributed by atoms with van der Waals surface area (Å²) >= 11 is 12.2. The lowest BCUT2D eigenvalue weighted by atomic mass is 10.3. The molecule has 0 aliphatic carbocycles. The zero-order valence-corrected chi connectivity index (χ0v) is 10.9. The molecule has 0 unspecified atom stereocenters. The van der Waals surface area contributed by atoms with Gasteiger partial charge in [-0.2, -0.15) is 0 Å². The summed E-state index contributed by atoms with van der Waals surface area (Å²) in [4.78, 5) is 14.6. The van der Waals surface area contributed by atoms with Gasteiger partial charge in [0.05, 0.1) is 16.2 Å². The fourth-order valence-corrected chi connectivity index (χ4v) is 2.34. The molecule has 0 saturated heterocycles. The maximum atomic E-state index is 13.2. The molecule has 0 aliphatic heterocycles. The minimum atomic E-state index is -1.06. The van der Waals surface area contributed by atoms with Crippen LogP contribution in [-0.4, -0.2) is 16.1 Å². The number of carboxylic acid groups (broad SMARTS) is 1. The number of anilines is 2. The fourth-order valence-electron chi connectivity index (χ4n) is 1.18. The first-order chi connectivity index (χ1) is 8.47. The van der Waals surface area contributed by atoms with Crippen molar-refractivity contribution in [2.45, 2.75) is 0 Å². The molecule has 2 N–H and O–H groups in total. The number of carbonyl (C=O) groups is 1. The zero-order valence-electron chi connectivity index (χ0n) is 8.58. The molecule has 2 rings (SSSR count). The Morgan fingerprint density at radius 3 is 2.50 bits per heavy atom. The van der Waals surface area contributed by atoms with Crippen LogP contribution in [0.1, 0.15) is 9.67 Å². The third kappa shape index (κ3) is 2.72. The minimum absolute atomic E-state index is 0.0943. The van der Waals surface area contributed by atoms with Crippen LogP contribution in [-0.2, 0) is 0 Å². The van der Waals surface area contributed by atoms with E-state index in [2.05, 4.69) is 10.3 Å². The maximum absolute atomic E-state index is 13.2. The molecule has 1 heterocycles. The number of aromatic nitrogens is 1. The van der Waals surface area contributed by atoms with E-state index in [0.29, 0.717) is 10.8 Å². The maximum Gasteiger partial charge on any atom is 0.347 e. The van der Waals surface area contributed by atoms with Crippen LogP contribution >= 0.6 is 34.5 Å². The van der Waals surface area contributed by atoms with Crippen molar-refractivity contribution in [1.82, 2.24) is 4.98 Å². The molecule has 18 heavy (non-hydrogen) atoms. The Hall–Kier alpha value is -1.37. The van der Waals surface area contributed by atoms with E-state index in [9.17, 15) is 9.18 Å². The van der Waals surface area contributed by atoms with Crippen LogP contribution in [0.25, 0.3) is 0 Å². The standard InChI is InChI=1S/C10H5Cl2FN2O2S/c11-5-1-4(2-6(12)8(5)13)15-10-14-3-7(18-10)9(16)17/h1-3H,(H,14,15)(H,16,17). The van der Waals surface area contributed by atoms with Gasteiger partial charge < -0.3 is 10.4 Å². The number of aromatic carboxylic acids is 1. The Kier molecular flexibility index (Phi) is 3.70. The van der Waals surface area contributed by atoms with Gasteiger partial charge in [0, 0.05) is 5.69 Å². The van der Waals surface area contributed by atoms with Gasteiger partial charge in [-0.3, -0.25) is 0 Å². The third-order valence-corrected chi connectivity index (χ3v) is 3.40. The molecule has 0 saturated carbocycles. The van der Waals surface area contributed by atoms with E-state index in [-0.39, 0.29) is 14.9 Å². The lowest BCUT2D eigenvalue weighted by Gasteiger charge is -2.05. The number of hydrogen-bond acceptors (Lipinski definition) is 4. The van der Waals surface area contributed by atoms with Crippen molar-refractivity contribution in [3.05, 3.63) is 39.1 Å². The van der Waals surface area contributed by atoms with Crippen LogP contribution in [0.4, 0.5) is 15.2 Å². The lowest BCUT2D eigenvalue weighted by Crippen LogP contribution is -1.91. The molecule has 0 radical (unpaired) electrons. The highest BCUT2D eigenvalue weighted by molar-refractivity contribution is 7.17. The van der Waals surface area contributed by atoms with Gasteiger partial charge in [0.1, 0.15) is 4.88 Å². The van der Waals surface area contributed by atoms with Crippen molar-refractivity contribution in [2.24, 2.45) is 0 Å². The molecule has 1 aromatic carbocycles. The lowest BCUT2D eigenvalue weighted by molar-refractivity contribution is 0.0702. The largest absolute Gasteiger partial charge is 0.477 e. The number of hydrogen-bond donors (Lipinski definition) is 2. The van der Waals surface area contributed by atoms with Gasteiger partial charge in [-0.25, -0.2) is 14.2 Å². The van der Waals surface area contributed by atoms with Crippen molar-refractivity contribution < 1.29 is 14.3 Å². The number of nitrogens with one attached hydrogen (secondary N) is 1. The van der Waals surface area contributed by atoms with E-state index in [1.54, 1.807) is 0 Å². The smallest absolute Gasteiger partial charge is 0.347 e. The normalized spacial score (nSPS) is 10.4. The second kappa shape index (κ2) is 5.09. The Morgan fingerprint density at radius 1 is 1.39 bits per heavy atom. The number of thiazole rings is 1. The Labute approximate surface area is 115 Å². The van der Waals surface area contributed by atoms with E-state index < -0.39 is 11.8 Å². The molecule has 2 aromatic rings. The van der Waals surface area contributed by atoms with Crippen molar-refractivity contribution >= 4 is 51.3 Å². The van der Waals surface area contributed by atoms with E-state index in [1.807, 2.05) is 0 Å². The number of halogens is 3. The fraction of sp³-hybridized carbons (Fsp3) is 0. The van der Waals surface area contributed by atoms with Crippen molar-refractivity contribution in [3.63, 3.8) is 0 Å². The van der Waals surface area contributed by atoms with Crippen LogP contribution in [0, 0.1) is 5.82 Å². The van der Waals surface area contributed by atoms with Crippen molar-refractivity contribution in [1.29, 1.82) is 0 Å². The molecule has 8 heteroatoms. The van der Waals surface area contributed by atoms with Gasteiger partial charge >= 0.3 is 5.97 Å². The molecular weight excluding hydrogens is 302 g/mol. The summed E-state index contributed by atoms with van der Waals surface area (Å²) in [6, 6.07) is 2.68. The summed E-state index contributed by atoms with van der Waals surface area (Å²) < 4.78 is 13.2. The summed E-state index contributed by atoms with van der Waals surface area (Å²) in [5, 5.41) is 11.6. The highest BCUT2D eigenvalue weighted by atomic mass is 35.5. The zero-order chi connectivity index (χ0) is 13.3. The summed E-state index contributed by atoms with van der Waals surface area (Å²) in [5.74, 6) is -1.76. The highest BCUT2D eigenvalue weighted by Gasteiger charge is 2.11. The molecule has 0 aliphatic rings. The molecular formula is C10H5Cl2FN2O2S. The van der Waals surface area contributed by atoms with Crippen molar-refractivity contribution in [3.8, 4) is 0 Å². The predicted octanol–water partition coefficient (Wildman–Crippen LogP) is 4.03. The van der Waals surface area contributed by atoms with Gasteiger partial charge in [-0.1, -0.05) is 34.5 Å². The van der Waals surface area contributed by atoms with Crippen LogP contribution < -0.4 is 5.32 Å². The third-order valence-electron chi connectivity index (χ3n) is 1.95. The molecule has 0 atom stereocenters. The van der Waals surface area contributed by atoms with E-state index in [0.717, 1.165) is 11.3 Å². The summed E-state index contributed by atoms with van der Waals surface area (Å²) in [6.07, 6.45) is 1.22. The van der Waals surface area contributed by atoms with Gasteiger partial charge in [-0.05, 0) is 12.1 Å². The summed E-state index contributed by atoms with van der Waals surface area (Å²) in [6.45, 7) is 0. The average molecular weight is 307 g/mol. The van der Waals surface area contributed by atoms with E-state index >= 15 is 0 Å². The van der Waals surface area contributed by atoms with Gasteiger partial charge in [0.2, 0.25) is 0 Å². The van der Waals surface area contributed by atoms with Gasteiger partial charge in [-0.15, -0.1) is 0 Å². The quantitative estimate of drug-likeness (QED) is 0.840. The van der Waals surface area contributed by atoms with Gasteiger partial charge in [0.25, 0.3) is 0 Å². The van der Waals surface area contributed by atoms with Crippen LogP contribution in [0.15, 0.2) is 18.3 Å². The monoisotopic (exact) mass is 306 g/mol. The molecule has 1 aromatic heterocycles. The predicted molar refractivity (Wildman–Crippen MR) is 68.8 cm³/mol. The topological polar surface area (TPSA) is 62.2 Å². The Morgan fingerprint density at radius 2 is 2.00 bits per heavy atom. The molecule has 0 amide bonds. The minimum Gasteiger partial charge on any atom is -0.477 e. The number of nitrogens with zero attached hydrogens (tertiary/aromatic N) is 1. The molecule has 4 nitrogen and oxygen atoms in total. The average Bonchev–Trinajstić information content (AvgIpc) is 2.74. The van der Waals surface area contributed by atoms with E-state index in [1.165, 1.54) is 18.3 Å². The molecule has 0 fully saturated rings. The van der Waals surface area contributed by atoms with Gasteiger partial charge in [0.15, 0.2) is 10.9 Å². The van der Waals surface area contributed by atoms with Crippen LogP contribution in [0.5, 0.6) is 0 Å². The second-order valence-electron chi connectivity index (χ2n) is 3.21. The SMILES string of the molecule is O=C(O)c1cnc(Nc2cc(Cl)c(F)c(Cl)c2)s1. The first kappa shape index (κ1) is 13.1. The Balaban J connectivity index is 2.25. The highest BCUT2D eigenvalue weighted by Crippen LogP contribution is 2.30. The first-order valence-corrected chi connectivity index (χ1v) is 6.15. The summed E-state index contributed by atoms with van der Waals surface area (Å²) in [5.41, 5.74) is 0.428. The van der Waals surface area contributed by atoms with Crippen LogP contribution in [0.3, 0.4) is 0 Å². The molecule has 0 spiro atoms. The first-order valence-electron chi connectivity index (χ1n) is 4.58. The molecule has 94 valence electrons. The number of rotatable bonds is 3. The second-order valence-corrected chi connectivity index (χ2v) is 5.06. The Bertz CT molecular complexity index is 595. The number of carboxylic acids is 1. The van der Waals surface area contributed by atoms with Crippen LogP contribution in [0.2, 0.25) is 10.0 Å². The molecule has 0 bridgehead atoms. The van der Waals surface area contributed by atoms with Crippen molar-refractivity contribution in [2.75, 3.05) is 5.32 Å². The number of benzene rings is 1.